The van der Waals surface area contributed by atoms with E-state index >= 15 is 0 Å². The van der Waals surface area contributed by atoms with E-state index in [4.69, 9.17) is 19.9 Å². The van der Waals surface area contributed by atoms with Crippen molar-refractivity contribution in [3.63, 3.8) is 0 Å². The molecule has 0 amide bonds. The second-order valence-corrected chi connectivity index (χ2v) is 10.3. The van der Waals surface area contributed by atoms with Gasteiger partial charge < -0.3 is 0 Å². The number of aryl methyl sites for hydroxylation is 4. The first-order chi connectivity index (χ1) is 17.3. The highest BCUT2D eigenvalue weighted by Gasteiger charge is 2.16. The molecule has 4 aromatic rings. The Morgan fingerprint density at radius 1 is 0.343 bits per heavy atom. The van der Waals surface area contributed by atoms with Crippen molar-refractivity contribution in [2.24, 2.45) is 0 Å². The largest absolute Gasteiger partial charge is 0.249 e. The Hall–Kier alpha value is -3.40. The van der Waals surface area contributed by atoms with E-state index < -0.39 is 0 Å². The molecule has 0 spiro atoms. The van der Waals surface area contributed by atoms with Crippen LogP contribution in [0.3, 0.4) is 0 Å². The van der Waals surface area contributed by atoms with Crippen molar-refractivity contribution in [3.05, 3.63) is 69.3 Å². The van der Waals surface area contributed by atoms with Crippen LogP contribution >= 0.6 is 0 Å². The molecule has 0 saturated heterocycles. The molecular formula is C31H30N4. The lowest BCUT2D eigenvalue weighted by Crippen LogP contribution is -2.06. The molecule has 0 atom stereocenters. The minimum Gasteiger partial charge on any atom is -0.249 e. The van der Waals surface area contributed by atoms with Crippen LogP contribution in [0.2, 0.25) is 0 Å². The third-order valence-corrected chi connectivity index (χ3v) is 7.84. The van der Waals surface area contributed by atoms with Crippen molar-refractivity contribution in [1.82, 2.24) is 19.9 Å². The van der Waals surface area contributed by atoms with Crippen molar-refractivity contribution in [3.8, 4) is 0 Å². The minimum atomic E-state index is 1.01. The Kier molecular flexibility index (Phi) is 5.19. The number of fused-ring (bicyclic) bond motifs is 6. The Balaban J connectivity index is 1.32. The molecule has 0 fully saturated rings. The number of rotatable bonds is 0. The highest BCUT2D eigenvalue weighted by molar-refractivity contribution is 5.94. The van der Waals surface area contributed by atoms with Crippen LogP contribution in [-0.2, 0) is 25.7 Å². The molecular weight excluding hydrogens is 428 g/mol. The molecule has 2 aromatic carbocycles. The minimum absolute atomic E-state index is 1.01. The average molecular weight is 459 g/mol. The Labute approximate surface area is 206 Å². The highest BCUT2D eigenvalue weighted by Crippen LogP contribution is 2.30. The van der Waals surface area contributed by atoms with Gasteiger partial charge in [-0.15, -0.1) is 0 Å². The van der Waals surface area contributed by atoms with Crippen LogP contribution in [0.5, 0.6) is 0 Å². The van der Waals surface area contributed by atoms with Crippen LogP contribution in [-0.4, -0.2) is 19.9 Å². The fourth-order valence-electron chi connectivity index (χ4n) is 5.85. The Morgan fingerprint density at radius 3 is 0.886 bits per heavy atom. The SMILES string of the molecule is C1=Cc2cc3nc4c(nc3cc2/C=C\c2cc3nc5c(nc3cc21)CCCCCC5)CCCCC4. The molecule has 2 aromatic heterocycles. The number of hydrogen-bond acceptors (Lipinski definition) is 4. The summed E-state index contributed by atoms with van der Waals surface area (Å²) >= 11 is 0. The normalized spacial score (nSPS) is 18.3. The molecule has 0 bridgehead atoms. The van der Waals surface area contributed by atoms with E-state index in [0.29, 0.717) is 0 Å². The van der Waals surface area contributed by atoms with Gasteiger partial charge in [-0.2, -0.15) is 0 Å². The standard InChI is InChI=1S/C31H30N4/c1-2-5-9-25-24(8-4-1)32-28-16-20-12-14-22-18-30-31(35-27-11-7-3-6-10-26(27)34-30)19-23(22)15-13-21(20)17-29(28)33-25/h12-19H,1-11H2/b14-12-,15-13?,20-12?,21-13?,22-14?,23-15?. The lowest BCUT2D eigenvalue weighted by molar-refractivity contribution is 0.602. The zero-order valence-electron chi connectivity index (χ0n) is 20.2. The molecule has 0 aliphatic heterocycles. The van der Waals surface area contributed by atoms with Crippen molar-refractivity contribution in [2.75, 3.05) is 0 Å². The molecule has 3 aliphatic rings. The van der Waals surface area contributed by atoms with Gasteiger partial charge in [0.25, 0.3) is 0 Å². The summed E-state index contributed by atoms with van der Waals surface area (Å²) in [5, 5.41) is 0. The van der Waals surface area contributed by atoms with Crippen LogP contribution in [0.15, 0.2) is 24.3 Å². The zero-order valence-corrected chi connectivity index (χ0v) is 20.2. The van der Waals surface area contributed by atoms with Gasteiger partial charge in [0.05, 0.1) is 44.8 Å². The van der Waals surface area contributed by atoms with Crippen molar-refractivity contribution in [1.29, 1.82) is 0 Å². The molecule has 0 radical (unpaired) electrons. The summed E-state index contributed by atoms with van der Waals surface area (Å²) in [5.74, 6) is 0. The number of benzene rings is 2. The van der Waals surface area contributed by atoms with E-state index in [0.717, 1.165) is 47.8 Å². The van der Waals surface area contributed by atoms with Gasteiger partial charge >= 0.3 is 0 Å². The molecule has 0 N–H and O–H groups in total. The van der Waals surface area contributed by atoms with Crippen LogP contribution in [0.4, 0.5) is 0 Å². The fraction of sp³-hybridized carbons (Fsp3) is 0.355. The third-order valence-electron chi connectivity index (χ3n) is 7.84. The van der Waals surface area contributed by atoms with E-state index in [1.807, 2.05) is 0 Å². The second kappa shape index (κ2) is 8.67. The van der Waals surface area contributed by atoms with Crippen LogP contribution in [0, 0.1) is 0 Å². The topological polar surface area (TPSA) is 51.6 Å². The predicted octanol–water partition coefficient (Wildman–Crippen LogP) is 7.16. The average Bonchev–Trinajstić information content (AvgIpc) is 3.08. The third kappa shape index (κ3) is 3.95. The van der Waals surface area contributed by atoms with Gasteiger partial charge in [0.2, 0.25) is 0 Å². The second-order valence-electron chi connectivity index (χ2n) is 10.3. The highest BCUT2D eigenvalue weighted by atomic mass is 14.8. The van der Waals surface area contributed by atoms with Crippen molar-refractivity contribution in [2.45, 2.75) is 70.6 Å². The zero-order chi connectivity index (χ0) is 23.2. The first-order valence-electron chi connectivity index (χ1n) is 13.3. The maximum atomic E-state index is 5.07. The van der Waals surface area contributed by atoms with Crippen molar-refractivity contribution >= 4 is 46.4 Å². The molecule has 4 nitrogen and oxygen atoms in total. The molecule has 2 heterocycles. The van der Waals surface area contributed by atoms with Gasteiger partial charge in [0, 0.05) is 0 Å². The summed E-state index contributed by atoms with van der Waals surface area (Å²) in [6.07, 6.45) is 21.8. The van der Waals surface area contributed by atoms with Crippen LogP contribution in [0.1, 0.15) is 90.0 Å². The lowest BCUT2D eigenvalue weighted by atomic mass is 9.96. The van der Waals surface area contributed by atoms with Gasteiger partial charge in [-0.3, -0.25) is 0 Å². The van der Waals surface area contributed by atoms with Gasteiger partial charge in [0.15, 0.2) is 0 Å². The van der Waals surface area contributed by atoms with E-state index in [2.05, 4.69) is 48.6 Å². The Bertz CT molecular complexity index is 1420. The molecule has 0 unspecified atom stereocenters. The molecule has 174 valence electrons. The van der Waals surface area contributed by atoms with Crippen molar-refractivity contribution < 1.29 is 0 Å². The fourth-order valence-corrected chi connectivity index (χ4v) is 5.85. The summed E-state index contributed by atoms with van der Waals surface area (Å²) in [4.78, 5) is 20.2. The number of aromatic nitrogens is 4. The Morgan fingerprint density at radius 2 is 0.600 bits per heavy atom. The summed E-state index contributed by atoms with van der Waals surface area (Å²) in [6.45, 7) is 0. The lowest BCUT2D eigenvalue weighted by Gasteiger charge is -2.15. The number of nitrogens with zero attached hydrogens (tertiary/aromatic N) is 4. The van der Waals surface area contributed by atoms with E-state index in [1.54, 1.807) is 0 Å². The predicted molar refractivity (Wildman–Crippen MR) is 144 cm³/mol. The maximum absolute atomic E-state index is 5.07. The summed E-state index contributed by atoms with van der Waals surface area (Å²) in [5.41, 5.74) is 13.6. The monoisotopic (exact) mass is 458 g/mol. The van der Waals surface area contributed by atoms with Gasteiger partial charge in [-0.25, -0.2) is 19.9 Å². The van der Waals surface area contributed by atoms with Gasteiger partial charge in [-0.1, -0.05) is 43.6 Å². The molecule has 3 aliphatic carbocycles. The first-order valence-corrected chi connectivity index (χ1v) is 13.3. The molecule has 7 rings (SSSR count). The number of hydrogen-bond donors (Lipinski definition) is 0. The summed E-state index contributed by atoms with van der Waals surface area (Å²) in [6, 6.07) is 8.84. The molecule has 35 heavy (non-hydrogen) atoms. The summed E-state index contributed by atoms with van der Waals surface area (Å²) in [7, 11) is 0. The maximum Gasteiger partial charge on any atom is 0.0896 e. The summed E-state index contributed by atoms with van der Waals surface area (Å²) < 4.78 is 0. The van der Waals surface area contributed by atoms with Gasteiger partial charge in [0.1, 0.15) is 0 Å². The molecule has 0 saturated carbocycles. The van der Waals surface area contributed by atoms with Crippen LogP contribution < -0.4 is 0 Å². The smallest absolute Gasteiger partial charge is 0.0896 e. The first kappa shape index (κ1) is 20.9. The van der Waals surface area contributed by atoms with E-state index in [9.17, 15) is 0 Å². The van der Waals surface area contributed by atoms with Crippen LogP contribution in [0.25, 0.3) is 46.4 Å². The van der Waals surface area contributed by atoms with E-state index in [1.165, 1.54) is 90.0 Å². The quantitative estimate of drug-likeness (QED) is 0.231. The van der Waals surface area contributed by atoms with Gasteiger partial charge in [-0.05, 0) is 97.9 Å². The van der Waals surface area contributed by atoms with E-state index in [-0.39, 0.29) is 0 Å². The molecule has 4 heteroatoms.